The van der Waals surface area contributed by atoms with E-state index in [1.807, 2.05) is 30.3 Å². The average Bonchev–Trinajstić information content (AvgIpc) is 3.47. The van der Waals surface area contributed by atoms with Crippen LogP contribution in [-0.2, 0) is 0 Å². The lowest BCUT2D eigenvalue weighted by atomic mass is 10.2. The minimum atomic E-state index is -0.584. The predicted molar refractivity (Wildman–Crippen MR) is 129 cm³/mol. The van der Waals surface area contributed by atoms with Gasteiger partial charge >= 0.3 is 0 Å². The molecule has 10 nitrogen and oxygen atoms in total. The van der Waals surface area contributed by atoms with Gasteiger partial charge in [0.05, 0.1) is 28.4 Å². The van der Waals surface area contributed by atoms with Crippen molar-refractivity contribution in [2.45, 2.75) is 6.92 Å². The van der Waals surface area contributed by atoms with Gasteiger partial charge in [0.2, 0.25) is 0 Å². The smallest absolute Gasteiger partial charge is 0.292 e. The van der Waals surface area contributed by atoms with E-state index in [0.717, 1.165) is 5.69 Å². The number of anilines is 1. The predicted octanol–water partition coefficient (Wildman–Crippen LogP) is 3.67. The number of nitrogens with zero attached hydrogens (tertiary/aromatic N) is 6. The number of amides is 1. The molecule has 170 valence electrons. The fraction of sp³-hybridized carbons (Fsp3) is 0.0400. The van der Waals surface area contributed by atoms with E-state index in [0.29, 0.717) is 39.3 Å². The van der Waals surface area contributed by atoms with Gasteiger partial charge in [0.15, 0.2) is 22.7 Å². The van der Waals surface area contributed by atoms with Crippen LogP contribution in [0.15, 0.2) is 88.5 Å². The van der Waals surface area contributed by atoms with Crippen LogP contribution in [-0.4, -0.2) is 35.4 Å². The lowest BCUT2D eigenvalue weighted by molar-refractivity contribution is 0.0996. The summed E-state index contributed by atoms with van der Waals surface area (Å²) in [4.78, 5) is 34.3. The van der Waals surface area contributed by atoms with Crippen molar-refractivity contribution in [3.63, 3.8) is 0 Å². The second kappa shape index (κ2) is 8.03. The van der Waals surface area contributed by atoms with Crippen LogP contribution < -0.4 is 10.7 Å². The van der Waals surface area contributed by atoms with Gasteiger partial charge in [-0.1, -0.05) is 30.3 Å². The Morgan fingerprint density at radius 3 is 2.60 bits per heavy atom. The third-order valence-electron chi connectivity index (χ3n) is 5.48. The van der Waals surface area contributed by atoms with Crippen molar-refractivity contribution < 1.29 is 9.21 Å². The van der Waals surface area contributed by atoms with Gasteiger partial charge in [-0.05, 0) is 31.2 Å². The van der Waals surface area contributed by atoms with E-state index in [2.05, 4.69) is 25.5 Å². The van der Waals surface area contributed by atoms with Crippen LogP contribution in [0.1, 0.15) is 16.2 Å². The van der Waals surface area contributed by atoms with E-state index in [9.17, 15) is 9.59 Å². The van der Waals surface area contributed by atoms with Crippen LogP contribution in [0.4, 0.5) is 5.82 Å². The van der Waals surface area contributed by atoms with Crippen LogP contribution in [0, 0.1) is 6.92 Å². The van der Waals surface area contributed by atoms with Crippen molar-refractivity contribution in [1.82, 2.24) is 29.5 Å². The highest BCUT2D eigenvalue weighted by Crippen LogP contribution is 2.24. The molecular weight excluding hydrogens is 446 g/mol. The first-order valence-corrected chi connectivity index (χ1v) is 10.7. The van der Waals surface area contributed by atoms with E-state index in [1.54, 1.807) is 48.1 Å². The molecule has 0 spiro atoms. The minimum Gasteiger partial charge on any atom is -0.451 e. The Morgan fingerprint density at radius 2 is 1.74 bits per heavy atom. The Balaban J connectivity index is 1.41. The molecular formula is C25H17N7O3. The Kier molecular flexibility index (Phi) is 4.70. The third-order valence-corrected chi connectivity index (χ3v) is 5.48. The van der Waals surface area contributed by atoms with Gasteiger partial charge in [-0.2, -0.15) is 14.9 Å². The molecule has 0 unspecified atom stereocenters. The SMILES string of the molecule is Cc1cc(NC(=O)c2cc(=O)c3ccccc3o2)n(-c2ncnc3c2cnn3-c2ccccc2)n1. The van der Waals surface area contributed by atoms with Crippen LogP contribution >= 0.6 is 0 Å². The van der Waals surface area contributed by atoms with E-state index in [4.69, 9.17) is 4.42 Å². The lowest BCUT2D eigenvalue weighted by Gasteiger charge is -2.09. The Hall–Kier alpha value is -5.12. The van der Waals surface area contributed by atoms with Crippen molar-refractivity contribution in [2.75, 3.05) is 5.32 Å². The molecule has 1 N–H and O–H groups in total. The first-order valence-electron chi connectivity index (χ1n) is 10.7. The lowest BCUT2D eigenvalue weighted by Crippen LogP contribution is -2.17. The molecule has 0 saturated heterocycles. The molecule has 6 rings (SSSR count). The molecule has 0 atom stereocenters. The summed E-state index contributed by atoms with van der Waals surface area (Å²) >= 11 is 0. The van der Waals surface area contributed by atoms with E-state index >= 15 is 0 Å². The molecule has 0 bridgehead atoms. The summed E-state index contributed by atoms with van der Waals surface area (Å²) in [6.07, 6.45) is 3.08. The summed E-state index contributed by atoms with van der Waals surface area (Å²) in [5, 5.41) is 12.8. The highest BCUT2D eigenvalue weighted by Gasteiger charge is 2.19. The van der Waals surface area contributed by atoms with Gasteiger partial charge < -0.3 is 9.73 Å². The van der Waals surface area contributed by atoms with Gasteiger partial charge in [0.1, 0.15) is 17.7 Å². The number of hydrogen-bond acceptors (Lipinski definition) is 7. The number of aryl methyl sites for hydroxylation is 1. The maximum Gasteiger partial charge on any atom is 0.292 e. The van der Waals surface area contributed by atoms with Gasteiger partial charge in [0.25, 0.3) is 5.91 Å². The van der Waals surface area contributed by atoms with Crippen molar-refractivity contribution in [1.29, 1.82) is 0 Å². The monoisotopic (exact) mass is 463 g/mol. The maximum atomic E-state index is 13.0. The van der Waals surface area contributed by atoms with Gasteiger partial charge in [-0.3, -0.25) is 9.59 Å². The first-order chi connectivity index (χ1) is 17.1. The molecule has 6 aromatic rings. The number of rotatable bonds is 4. The van der Waals surface area contributed by atoms with Crippen molar-refractivity contribution >= 4 is 33.7 Å². The van der Waals surface area contributed by atoms with Crippen molar-refractivity contribution in [3.05, 3.63) is 101 Å². The number of benzene rings is 2. The highest BCUT2D eigenvalue weighted by molar-refractivity contribution is 6.02. The number of para-hydroxylation sites is 2. The topological polar surface area (TPSA) is 121 Å². The molecule has 1 amide bonds. The largest absolute Gasteiger partial charge is 0.451 e. The maximum absolute atomic E-state index is 13.0. The molecule has 0 fully saturated rings. The van der Waals surface area contributed by atoms with Gasteiger partial charge in [-0.25, -0.2) is 14.6 Å². The summed E-state index contributed by atoms with van der Waals surface area (Å²) in [5.74, 6) is 0.111. The zero-order chi connectivity index (χ0) is 23.9. The minimum absolute atomic E-state index is 0.108. The molecule has 0 aliphatic rings. The number of aromatic nitrogens is 6. The zero-order valence-corrected chi connectivity index (χ0v) is 18.4. The van der Waals surface area contributed by atoms with E-state index < -0.39 is 5.91 Å². The van der Waals surface area contributed by atoms with Gasteiger partial charge in [0, 0.05) is 12.1 Å². The molecule has 4 heterocycles. The number of carbonyl (C=O) groups excluding carboxylic acids is 1. The Labute approximate surface area is 197 Å². The summed E-state index contributed by atoms with van der Waals surface area (Å²) in [7, 11) is 0. The second-order valence-electron chi connectivity index (χ2n) is 7.83. The first kappa shape index (κ1) is 20.5. The summed E-state index contributed by atoms with van der Waals surface area (Å²) in [6, 6.07) is 19.3. The molecule has 35 heavy (non-hydrogen) atoms. The van der Waals surface area contributed by atoms with Gasteiger partial charge in [-0.15, -0.1) is 0 Å². The molecule has 10 heteroatoms. The van der Waals surface area contributed by atoms with E-state index in [1.165, 1.54) is 17.1 Å². The molecule has 0 radical (unpaired) electrons. The Morgan fingerprint density at radius 1 is 0.943 bits per heavy atom. The molecule has 4 aromatic heterocycles. The number of carbonyl (C=O) groups is 1. The molecule has 0 aliphatic carbocycles. The van der Waals surface area contributed by atoms with Crippen molar-refractivity contribution in [2.24, 2.45) is 0 Å². The highest BCUT2D eigenvalue weighted by atomic mass is 16.3. The molecule has 2 aromatic carbocycles. The quantitative estimate of drug-likeness (QED) is 0.423. The fourth-order valence-electron chi connectivity index (χ4n) is 3.90. The standard InChI is InChI=1S/C25H17N7O3/c1-15-11-22(29-25(34)21-12-19(33)17-9-5-6-10-20(17)35-21)32(30-15)24-18-13-28-31(23(18)26-14-27-24)16-7-3-2-4-8-16/h2-14H,1H3,(H,29,34). The Bertz CT molecular complexity index is 1780. The number of nitrogens with one attached hydrogen (secondary N) is 1. The summed E-state index contributed by atoms with van der Waals surface area (Å²) in [6.45, 7) is 1.80. The zero-order valence-electron chi connectivity index (χ0n) is 18.4. The van der Waals surface area contributed by atoms with Crippen LogP contribution in [0.2, 0.25) is 0 Å². The van der Waals surface area contributed by atoms with Crippen LogP contribution in [0.3, 0.4) is 0 Å². The summed E-state index contributed by atoms with van der Waals surface area (Å²) in [5.41, 5.74) is 2.13. The normalized spacial score (nSPS) is 11.2. The molecule has 0 saturated carbocycles. The molecule has 0 aliphatic heterocycles. The summed E-state index contributed by atoms with van der Waals surface area (Å²) < 4.78 is 8.89. The van der Waals surface area contributed by atoms with E-state index in [-0.39, 0.29) is 11.2 Å². The van der Waals surface area contributed by atoms with Crippen LogP contribution in [0.25, 0.3) is 33.5 Å². The average molecular weight is 463 g/mol. The van der Waals surface area contributed by atoms with Crippen molar-refractivity contribution in [3.8, 4) is 11.5 Å². The number of fused-ring (bicyclic) bond motifs is 2. The van der Waals surface area contributed by atoms with Crippen LogP contribution in [0.5, 0.6) is 0 Å². The second-order valence-corrected chi connectivity index (χ2v) is 7.83. The third kappa shape index (κ3) is 3.53. The fourth-order valence-corrected chi connectivity index (χ4v) is 3.90. The number of hydrogen-bond donors (Lipinski definition) is 1.